The van der Waals surface area contributed by atoms with E-state index in [4.69, 9.17) is 17.3 Å². The number of halogens is 1. The predicted molar refractivity (Wildman–Crippen MR) is 82.6 cm³/mol. The lowest BCUT2D eigenvalue weighted by Gasteiger charge is -2.20. The van der Waals surface area contributed by atoms with Gasteiger partial charge in [0.05, 0.1) is 16.6 Å². The molecule has 0 saturated heterocycles. The van der Waals surface area contributed by atoms with Crippen molar-refractivity contribution in [1.82, 2.24) is 0 Å². The van der Waals surface area contributed by atoms with E-state index >= 15 is 0 Å². The van der Waals surface area contributed by atoms with Crippen molar-refractivity contribution in [3.05, 3.63) is 65.2 Å². The van der Waals surface area contributed by atoms with Crippen molar-refractivity contribution in [2.24, 2.45) is 11.7 Å². The molecule has 0 aliphatic heterocycles. The molecule has 2 atom stereocenters. The molecule has 0 bridgehead atoms. The highest BCUT2D eigenvalue weighted by atomic mass is 35.5. The zero-order chi connectivity index (χ0) is 14.5. The number of benzene rings is 2. The van der Waals surface area contributed by atoms with E-state index in [-0.39, 0.29) is 17.9 Å². The first kappa shape index (κ1) is 14.6. The average Bonchev–Trinajstić information content (AvgIpc) is 2.49. The standard InChI is InChI=1S/C16H17ClN2O/c1-11(15(18)12-7-3-2-4-8-12)16(20)19-14-10-6-5-9-13(14)17/h2-11,15H,18H2,1H3,(H,19,20). The number of carbonyl (C=O) groups excluding carboxylic acids is 1. The average molecular weight is 289 g/mol. The number of para-hydroxylation sites is 1. The number of nitrogens with one attached hydrogen (secondary N) is 1. The number of hydrogen-bond donors (Lipinski definition) is 2. The Morgan fingerprint density at radius 3 is 2.35 bits per heavy atom. The van der Waals surface area contributed by atoms with Gasteiger partial charge in [-0.2, -0.15) is 0 Å². The summed E-state index contributed by atoms with van der Waals surface area (Å²) in [7, 11) is 0. The molecule has 0 fully saturated rings. The molecule has 0 aliphatic carbocycles. The Bertz CT molecular complexity index is 586. The molecular formula is C16H17ClN2O. The molecular weight excluding hydrogens is 272 g/mol. The van der Waals surface area contributed by atoms with Gasteiger partial charge in [0.25, 0.3) is 0 Å². The molecule has 2 unspecified atom stereocenters. The van der Waals surface area contributed by atoms with Gasteiger partial charge >= 0.3 is 0 Å². The quantitative estimate of drug-likeness (QED) is 0.903. The van der Waals surface area contributed by atoms with E-state index in [1.807, 2.05) is 49.4 Å². The van der Waals surface area contributed by atoms with Crippen molar-refractivity contribution in [2.45, 2.75) is 13.0 Å². The van der Waals surface area contributed by atoms with Crippen LogP contribution in [0.5, 0.6) is 0 Å². The molecule has 0 saturated carbocycles. The number of hydrogen-bond acceptors (Lipinski definition) is 2. The van der Waals surface area contributed by atoms with Gasteiger partial charge in [0, 0.05) is 6.04 Å². The van der Waals surface area contributed by atoms with Crippen molar-refractivity contribution in [1.29, 1.82) is 0 Å². The second-order valence-corrected chi connectivity index (χ2v) is 5.10. The van der Waals surface area contributed by atoms with Crippen molar-refractivity contribution in [3.63, 3.8) is 0 Å². The van der Waals surface area contributed by atoms with Crippen molar-refractivity contribution in [2.75, 3.05) is 5.32 Å². The first-order valence-corrected chi connectivity index (χ1v) is 6.83. The van der Waals surface area contributed by atoms with Gasteiger partial charge in [0.2, 0.25) is 5.91 Å². The molecule has 2 rings (SSSR count). The molecule has 20 heavy (non-hydrogen) atoms. The number of amides is 1. The molecule has 0 aromatic heterocycles. The van der Waals surface area contributed by atoms with Crippen LogP contribution in [0.4, 0.5) is 5.69 Å². The van der Waals surface area contributed by atoms with E-state index in [2.05, 4.69) is 5.32 Å². The summed E-state index contributed by atoms with van der Waals surface area (Å²) in [6.45, 7) is 1.81. The topological polar surface area (TPSA) is 55.1 Å². The first-order valence-electron chi connectivity index (χ1n) is 6.45. The first-order chi connectivity index (χ1) is 9.59. The molecule has 104 valence electrons. The summed E-state index contributed by atoms with van der Waals surface area (Å²) in [5.41, 5.74) is 7.68. The van der Waals surface area contributed by atoms with Crippen LogP contribution in [0.15, 0.2) is 54.6 Å². The molecule has 3 nitrogen and oxygen atoms in total. The largest absolute Gasteiger partial charge is 0.324 e. The maximum absolute atomic E-state index is 12.2. The van der Waals surface area contributed by atoms with Crippen molar-refractivity contribution in [3.8, 4) is 0 Å². The number of anilines is 1. The zero-order valence-electron chi connectivity index (χ0n) is 11.2. The Morgan fingerprint density at radius 1 is 1.10 bits per heavy atom. The minimum Gasteiger partial charge on any atom is -0.324 e. The predicted octanol–water partition coefficient (Wildman–Crippen LogP) is 3.61. The lowest BCUT2D eigenvalue weighted by atomic mass is 9.94. The molecule has 0 aliphatic rings. The third-order valence-corrected chi connectivity index (χ3v) is 3.60. The Labute approximate surface area is 123 Å². The molecule has 0 radical (unpaired) electrons. The fraction of sp³-hybridized carbons (Fsp3) is 0.188. The monoisotopic (exact) mass is 288 g/mol. The number of nitrogens with two attached hydrogens (primary N) is 1. The maximum atomic E-state index is 12.2. The van der Waals surface area contributed by atoms with Crippen LogP contribution in [-0.2, 0) is 4.79 Å². The van der Waals surface area contributed by atoms with Crippen LogP contribution >= 0.6 is 11.6 Å². The van der Waals surface area contributed by atoms with Gasteiger partial charge in [0.1, 0.15) is 0 Å². The van der Waals surface area contributed by atoms with Crippen LogP contribution in [0, 0.1) is 5.92 Å². The zero-order valence-corrected chi connectivity index (χ0v) is 12.0. The van der Waals surface area contributed by atoms with Gasteiger partial charge in [-0.3, -0.25) is 4.79 Å². The van der Waals surface area contributed by atoms with E-state index in [0.29, 0.717) is 10.7 Å². The summed E-state index contributed by atoms with van der Waals surface area (Å²) in [5.74, 6) is -0.497. The van der Waals surface area contributed by atoms with E-state index in [0.717, 1.165) is 5.56 Å². The Kier molecular flexibility index (Phi) is 4.77. The highest BCUT2D eigenvalue weighted by molar-refractivity contribution is 6.33. The lowest BCUT2D eigenvalue weighted by molar-refractivity contribution is -0.120. The third-order valence-electron chi connectivity index (χ3n) is 3.27. The Hall–Kier alpha value is -1.84. The smallest absolute Gasteiger partial charge is 0.229 e. The molecule has 0 heterocycles. The summed E-state index contributed by atoms with van der Waals surface area (Å²) >= 11 is 6.02. The minimum absolute atomic E-state index is 0.144. The maximum Gasteiger partial charge on any atom is 0.229 e. The summed E-state index contributed by atoms with van der Waals surface area (Å²) in [6.07, 6.45) is 0. The van der Waals surface area contributed by atoms with Crippen LogP contribution in [0.3, 0.4) is 0 Å². The fourth-order valence-electron chi connectivity index (χ4n) is 1.94. The summed E-state index contributed by atoms with van der Waals surface area (Å²) in [5, 5.41) is 3.32. The second kappa shape index (κ2) is 6.55. The number of carbonyl (C=O) groups is 1. The highest BCUT2D eigenvalue weighted by Gasteiger charge is 2.22. The van der Waals surface area contributed by atoms with Crippen LogP contribution in [0.1, 0.15) is 18.5 Å². The van der Waals surface area contributed by atoms with E-state index < -0.39 is 0 Å². The van der Waals surface area contributed by atoms with Crippen LogP contribution in [0.2, 0.25) is 5.02 Å². The normalized spacial score (nSPS) is 13.6. The van der Waals surface area contributed by atoms with Gasteiger partial charge in [-0.1, -0.05) is 61.0 Å². The van der Waals surface area contributed by atoms with Crippen LogP contribution < -0.4 is 11.1 Å². The van der Waals surface area contributed by atoms with Crippen molar-refractivity contribution >= 4 is 23.2 Å². The third kappa shape index (κ3) is 3.38. The van der Waals surface area contributed by atoms with Gasteiger partial charge in [0.15, 0.2) is 0 Å². The van der Waals surface area contributed by atoms with Gasteiger partial charge < -0.3 is 11.1 Å². The molecule has 2 aromatic rings. The minimum atomic E-state index is -0.353. The van der Waals surface area contributed by atoms with E-state index in [9.17, 15) is 4.79 Å². The fourth-order valence-corrected chi connectivity index (χ4v) is 2.12. The Balaban J connectivity index is 2.08. The summed E-state index contributed by atoms with van der Waals surface area (Å²) in [4.78, 5) is 12.2. The second-order valence-electron chi connectivity index (χ2n) is 4.69. The molecule has 1 amide bonds. The lowest BCUT2D eigenvalue weighted by Crippen LogP contribution is -2.30. The van der Waals surface area contributed by atoms with E-state index in [1.54, 1.807) is 12.1 Å². The van der Waals surface area contributed by atoms with Gasteiger partial charge in [-0.25, -0.2) is 0 Å². The van der Waals surface area contributed by atoms with Crippen LogP contribution in [0.25, 0.3) is 0 Å². The van der Waals surface area contributed by atoms with Gasteiger partial charge in [-0.15, -0.1) is 0 Å². The SMILES string of the molecule is CC(C(=O)Nc1ccccc1Cl)C(N)c1ccccc1. The number of rotatable bonds is 4. The molecule has 2 aromatic carbocycles. The highest BCUT2D eigenvalue weighted by Crippen LogP contribution is 2.24. The van der Waals surface area contributed by atoms with Gasteiger partial charge in [-0.05, 0) is 17.7 Å². The molecule has 0 spiro atoms. The van der Waals surface area contributed by atoms with Crippen molar-refractivity contribution < 1.29 is 4.79 Å². The summed E-state index contributed by atoms with van der Waals surface area (Å²) in [6, 6.07) is 16.4. The molecule has 4 heteroatoms. The van der Waals surface area contributed by atoms with Crippen LogP contribution in [-0.4, -0.2) is 5.91 Å². The Morgan fingerprint density at radius 2 is 1.70 bits per heavy atom. The summed E-state index contributed by atoms with van der Waals surface area (Å²) < 4.78 is 0. The van der Waals surface area contributed by atoms with E-state index in [1.165, 1.54) is 0 Å². The molecule has 3 N–H and O–H groups in total.